The number of nitrogens with zero attached hydrogens (tertiary/aromatic N) is 2. The highest BCUT2D eigenvalue weighted by Gasteiger charge is 2.56. The van der Waals surface area contributed by atoms with Gasteiger partial charge in [-0.25, -0.2) is 4.79 Å². The van der Waals surface area contributed by atoms with Crippen LogP contribution >= 0.6 is 0 Å². The van der Waals surface area contributed by atoms with Crippen LogP contribution in [0.4, 0.5) is 10.5 Å². The first-order valence-corrected chi connectivity index (χ1v) is 9.97. The molecule has 8 heteroatoms. The lowest BCUT2D eigenvalue weighted by molar-refractivity contribution is -0.151. The number of carbonyl (C=O) groups is 3. The molecule has 2 aliphatic rings. The topological polar surface area (TPSA) is 88.2 Å². The number of hydrogen-bond acceptors (Lipinski definition) is 6. The molecule has 162 valence electrons. The predicted molar refractivity (Wildman–Crippen MR) is 114 cm³/mol. The Kier molecular flexibility index (Phi) is 5.08. The number of urea groups is 1. The first-order valence-electron chi connectivity index (χ1n) is 9.97. The van der Waals surface area contributed by atoms with E-state index in [4.69, 9.17) is 9.47 Å². The normalized spacial score (nSPS) is 20.6. The highest BCUT2D eigenvalue weighted by Crippen LogP contribution is 2.40. The number of ether oxygens (including phenoxy) is 2. The zero-order chi connectivity index (χ0) is 22.3. The second kappa shape index (κ2) is 7.61. The first kappa shape index (κ1) is 20.7. The average molecular weight is 423 g/mol. The first-order chi connectivity index (χ1) is 14.8. The van der Waals surface area contributed by atoms with E-state index < -0.39 is 23.3 Å². The largest absolute Gasteiger partial charge is 0.497 e. The number of carbonyl (C=O) groups excluding carboxylic acids is 3. The summed E-state index contributed by atoms with van der Waals surface area (Å²) in [5.74, 6) is 0.0432. The highest BCUT2D eigenvalue weighted by atomic mass is 16.5. The minimum Gasteiger partial charge on any atom is -0.497 e. The van der Waals surface area contributed by atoms with Gasteiger partial charge in [-0.2, -0.15) is 0 Å². The minimum absolute atomic E-state index is 0.00234. The lowest BCUT2D eigenvalue weighted by Gasteiger charge is -2.45. The highest BCUT2D eigenvalue weighted by molar-refractivity contribution is 6.20. The van der Waals surface area contributed by atoms with Gasteiger partial charge < -0.3 is 14.4 Å². The molecule has 1 N–H and O–H groups in total. The van der Waals surface area contributed by atoms with Gasteiger partial charge in [0.1, 0.15) is 16.9 Å². The number of aryl methyl sites for hydroxylation is 1. The van der Waals surface area contributed by atoms with Gasteiger partial charge in [0.05, 0.1) is 20.8 Å². The van der Waals surface area contributed by atoms with Crippen LogP contribution in [-0.4, -0.2) is 50.6 Å². The summed E-state index contributed by atoms with van der Waals surface area (Å²) in [7, 11) is 4.91. The van der Waals surface area contributed by atoms with Crippen molar-refractivity contribution in [2.45, 2.75) is 19.9 Å². The molecule has 0 bridgehead atoms. The summed E-state index contributed by atoms with van der Waals surface area (Å²) in [5.41, 5.74) is 2.23. The van der Waals surface area contributed by atoms with E-state index in [1.807, 2.05) is 37.1 Å². The fraction of sp³-hybridized carbons (Fsp3) is 0.348. The van der Waals surface area contributed by atoms with Crippen LogP contribution in [0.1, 0.15) is 16.7 Å². The average Bonchev–Trinajstić information content (AvgIpc) is 2.75. The van der Waals surface area contributed by atoms with Gasteiger partial charge in [0.25, 0.3) is 0 Å². The number of nitrogens with one attached hydrogen (secondary N) is 1. The molecule has 31 heavy (non-hydrogen) atoms. The molecule has 1 fully saturated rings. The lowest BCUT2D eigenvalue weighted by Crippen LogP contribution is -2.68. The van der Waals surface area contributed by atoms with E-state index in [0.29, 0.717) is 17.1 Å². The molecule has 4 rings (SSSR count). The van der Waals surface area contributed by atoms with Crippen molar-refractivity contribution >= 4 is 23.5 Å². The number of benzene rings is 2. The van der Waals surface area contributed by atoms with Gasteiger partial charge in [-0.1, -0.05) is 17.7 Å². The van der Waals surface area contributed by atoms with Crippen molar-refractivity contribution in [3.8, 4) is 11.5 Å². The van der Waals surface area contributed by atoms with E-state index >= 15 is 0 Å². The van der Waals surface area contributed by atoms with Crippen molar-refractivity contribution in [2.75, 3.05) is 32.7 Å². The Bertz CT molecular complexity index is 1060. The summed E-state index contributed by atoms with van der Waals surface area (Å²) in [6, 6.07) is 10.4. The van der Waals surface area contributed by atoms with Gasteiger partial charge >= 0.3 is 6.03 Å². The minimum atomic E-state index is -1.37. The molecule has 2 aromatic rings. The number of barbiturate groups is 1. The van der Waals surface area contributed by atoms with Gasteiger partial charge in [0, 0.05) is 25.3 Å². The van der Waals surface area contributed by atoms with E-state index in [-0.39, 0.29) is 19.5 Å². The molecule has 1 saturated heterocycles. The zero-order valence-corrected chi connectivity index (χ0v) is 18.0. The van der Waals surface area contributed by atoms with Crippen LogP contribution in [0.5, 0.6) is 11.5 Å². The molecule has 0 aliphatic carbocycles. The number of fused-ring (bicyclic) bond motifs is 1. The standard InChI is InChI=1S/C23H25N3O5/c1-14-5-6-19-16(7-14)11-23(13-25(19)2)20(27)24-22(29)26(21(23)28)12-15-8-17(30-3)10-18(9-15)31-4/h5-10H,11-13H2,1-4H3,(H,24,27,29)/t23-/m0/s1. The Labute approximate surface area is 180 Å². The maximum Gasteiger partial charge on any atom is 0.331 e. The Morgan fingerprint density at radius 1 is 1.03 bits per heavy atom. The Morgan fingerprint density at radius 2 is 1.71 bits per heavy atom. The number of hydrogen-bond donors (Lipinski definition) is 1. The van der Waals surface area contributed by atoms with E-state index in [2.05, 4.69) is 5.32 Å². The monoisotopic (exact) mass is 423 g/mol. The van der Waals surface area contributed by atoms with Gasteiger partial charge in [-0.15, -0.1) is 0 Å². The molecule has 0 aromatic heterocycles. The lowest BCUT2D eigenvalue weighted by atomic mass is 9.74. The second-order valence-electron chi connectivity index (χ2n) is 8.12. The SMILES string of the molecule is COc1cc(CN2C(=O)NC(=O)[C@@]3(Cc4cc(C)ccc4N(C)C3)C2=O)cc(OC)c1. The van der Waals surface area contributed by atoms with Crippen molar-refractivity contribution in [3.05, 3.63) is 53.1 Å². The van der Waals surface area contributed by atoms with E-state index in [0.717, 1.165) is 21.7 Å². The van der Waals surface area contributed by atoms with Crippen LogP contribution in [0.15, 0.2) is 36.4 Å². The molecule has 0 saturated carbocycles. The molecule has 1 spiro atoms. The number of rotatable bonds is 4. The molecule has 2 heterocycles. The van der Waals surface area contributed by atoms with Crippen molar-refractivity contribution in [1.82, 2.24) is 10.2 Å². The van der Waals surface area contributed by atoms with Gasteiger partial charge in [-0.3, -0.25) is 19.8 Å². The van der Waals surface area contributed by atoms with Crippen LogP contribution in [0.3, 0.4) is 0 Å². The fourth-order valence-electron chi connectivity index (χ4n) is 4.41. The smallest absolute Gasteiger partial charge is 0.331 e. The molecule has 0 radical (unpaired) electrons. The van der Waals surface area contributed by atoms with Crippen molar-refractivity contribution < 1.29 is 23.9 Å². The molecule has 4 amide bonds. The van der Waals surface area contributed by atoms with Gasteiger partial charge in [0.15, 0.2) is 0 Å². The van der Waals surface area contributed by atoms with Gasteiger partial charge in [0.2, 0.25) is 11.8 Å². The van der Waals surface area contributed by atoms with E-state index in [1.54, 1.807) is 18.2 Å². The molecule has 1 atom stereocenters. The van der Waals surface area contributed by atoms with E-state index in [1.165, 1.54) is 14.2 Å². The van der Waals surface area contributed by atoms with Crippen LogP contribution < -0.4 is 19.7 Å². The number of amides is 4. The molecule has 8 nitrogen and oxygen atoms in total. The third-order valence-electron chi connectivity index (χ3n) is 5.95. The van der Waals surface area contributed by atoms with Crippen LogP contribution in [0.2, 0.25) is 0 Å². The third kappa shape index (κ3) is 3.48. The Hall–Kier alpha value is -3.55. The Balaban J connectivity index is 1.70. The molecular weight excluding hydrogens is 398 g/mol. The molecular formula is C23H25N3O5. The maximum absolute atomic E-state index is 13.6. The molecule has 0 unspecified atom stereocenters. The quantitative estimate of drug-likeness (QED) is 0.759. The predicted octanol–water partition coefficient (Wildman–Crippen LogP) is 2.27. The summed E-state index contributed by atoms with van der Waals surface area (Å²) in [6.07, 6.45) is 0.240. The summed E-state index contributed by atoms with van der Waals surface area (Å²) in [4.78, 5) is 42.3. The number of methoxy groups -OCH3 is 2. The maximum atomic E-state index is 13.6. The second-order valence-corrected chi connectivity index (χ2v) is 8.12. The Morgan fingerprint density at radius 3 is 2.35 bits per heavy atom. The fourth-order valence-corrected chi connectivity index (χ4v) is 4.41. The summed E-state index contributed by atoms with van der Waals surface area (Å²) < 4.78 is 10.6. The summed E-state index contributed by atoms with van der Waals surface area (Å²) >= 11 is 0. The van der Waals surface area contributed by atoms with E-state index in [9.17, 15) is 14.4 Å². The van der Waals surface area contributed by atoms with Crippen LogP contribution in [0, 0.1) is 12.3 Å². The van der Waals surface area contributed by atoms with Crippen LogP contribution in [-0.2, 0) is 22.6 Å². The molecule has 2 aliphatic heterocycles. The molecule has 2 aromatic carbocycles. The van der Waals surface area contributed by atoms with Gasteiger partial charge in [-0.05, 0) is 42.7 Å². The van der Waals surface area contributed by atoms with Crippen LogP contribution in [0.25, 0.3) is 0 Å². The summed E-state index contributed by atoms with van der Waals surface area (Å²) in [5, 5.41) is 2.40. The number of imide groups is 2. The zero-order valence-electron chi connectivity index (χ0n) is 18.0. The van der Waals surface area contributed by atoms with Crippen molar-refractivity contribution in [3.63, 3.8) is 0 Å². The number of anilines is 1. The van der Waals surface area contributed by atoms with Crippen molar-refractivity contribution in [1.29, 1.82) is 0 Å². The summed E-state index contributed by atoms with van der Waals surface area (Å²) in [6.45, 7) is 2.16. The van der Waals surface area contributed by atoms with Crippen molar-refractivity contribution in [2.24, 2.45) is 5.41 Å². The third-order valence-corrected chi connectivity index (χ3v) is 5.95.